The molecule has 0 atom stereocenters. The molecular weight excluding hydrogens is 108 g/mol. The second-order valence-corrected chi connectivity index (χ2v) is 1.36. The topological polar surface area (TPSA) is 68.0 Å². The first-order valence-corrected chi connectivity index (χ1v) is 2.08. The molecule has 8 heavy (non-hydrogen) atoms. The normalized spacial score (nSPS) is 14.2. The number of hydrogen-bond donors (Lipinski definition) is 1. The molecule has 0 spiro atoms. The maximum Gasteiger partial charge on any atom is 0.0967 e. The van der Waals surface area contributed by atoms with Crippen molar-refractivity contribution in [1.82, 2.24) is 0 Å². The quantitative estimate of drug-likeness (QED) is 0.312. The summed E-state index contributed by atoms with van der Waals surface area (Å²) in [5, 5.41) is 22.9. The van der Waals surface area contributed by atoms with Gasteiger partial charge in [0.25, 0.3) is 0 Å². The molecule has 4 nitrogen and oxygen atoms in total. The lowest BCUT2D eigenvalue weighted by Gasteiger charge is -1.97. The van der Waals surface area contributed by atoms with Crippen molar-refractivity contribution in [3.05, 3.63) is 5.21 Å². The Bertz CT molecular complexity index is 112. The molecule has 0 saturated heterocycles. The van der Waals surface area contributed by atoms with Crippen molar-refractivity contribution in [3.63, 3.8) is 0 Å². The highest BCUT2D eigenvalue weighted by atomic mass is 16.4. The van der Waals surface area contributed by atoms with Crippen LogP contribution in [0.25, 0.3) is 0 Å². The van der Waals surface area contributed by atoms with Crippen molar-refractivity contribution in [2.75, 3.05) is 0 Å². The summed E-state index contributed by atoms with van der Waals surface area (Å²) in [6.07, 6.45) is 0. The maximum absolute atomic E-state index is 9.63. The molecule has 1 N–H and O–H groups in total. The fourth-order valence-corrected chi connectivity index (χ4v) is 0.138. The third-order valence-corrected chi connectivity index (χ3v) is 0.811. The summed E-state index contributed by atoms with van der Waals surface area (Å²) >= 11 is 0. The van der Waals surface area contributed by atoms with Gasteiger partial charge in [-0.1, -0.05) is 5.16 Å². The monoisotopic (exact) mass is 115 g/mol. The Kier molecular flexibility index (Phi) is 2.61. The van der Waals surface area contributed by atoms with E-state index >= 15 is 0 Å². The number of rotatable bonds is 1. The number of oxime groups is 1. The SMILES string of the molecule is CC(=N/[O-])/C(C)=N/O. The lowest BCUT2D eigenvalue weighted by Crippen LogP contribution is -2.03. The lowest BCUT2D eigenvalue weighted by atomic mass is 10.3. The molecule has 0 amide bonds. The summed E-state index contributed by atoms with van der Waals surface area (Å²) in [6, 6.07) is 0. The van der Waals surface area contributed by atoms with Gasteiger partial charge in [-0.15, -0.1) is 0 Å². The average molecular weight is 115 g/mol. The highest BCUT2D eigenvalue weighted by Gasteiger charge is 1.90. The minimum atomic E-state index is 0.201. The summed E-state index contributed by atoms with van der Waals surface area (Å²) in [6.45, 7) is 2.97. The molecule has 0 aliphatic heterocycles. The van der Waals surface area contributed by atoms with E-state index in [1.165, 1.54) is 13.8 Å². The van der Waals surface area contributed by atoms with E-state index in [2.05, 4.69) is 10.3 Å². The predicted octanol–water partition coefficient (Wildman–Crippen LogP) is 0.795. The number of hydrogen-bond acceptors (Lipinski definition) is 4. The molecule has 0 aliphatic carbocycles. The van der Waals surface area contributed by atoms with Crippen molar-refractivity contribution in [3.8, 4) is 0 Å². The van der Waals surface area contributed by atoms with E-state index in [0.717, 1.165) is 0 Å². The van der Waals surface area contributed by atoms with Crippen LogP contribution < -0.4 is 0 Å². The Labute approximate surface area is 47.1 Å². The fraction of sp³-hybridized carbons (Fsp3) is 0.500. The van der Waals surface area contributed by atoms with Crippen molar-refractivity contribution < 1.29 is 5.21 Å². The summed E-state index contributed by atoms with van der Waals surface area (Å²) < 4.78 is 0. The molecule has 0 aromatic carbocycles. The minimum absolute atomic E-state index is 0.201. The van der Waals surface area contributed by atoms with Crippen molar-refractivity contribution in [2.45, 2.75) is 13.8 Å². The van der Waals surface area contributed by atoms with Gasteiger partial charge in [-0.3, -0.25) is 0 Å². The van der Waals surface area contributed by atoms with Crippen LogP contribution in [0.4, 0.5) is 0 Å². The van der Waals surface area contributed by atoms with Gasteiger partial charge in [0.15, 0.2) is 0 Å². The molecule has 0 fully saturated rings. The third kappa shape index (κ3) is 1.59. The van der Waals surface area contributed by atoms with Crippen LogP contribution in [0.2, 0.25) is 0 Å². The molecule has 0 unspecified atom stereocenters. The first-order chi connectivity index (χ1) is 3.72. The van der Waals surface area contributed by atoms with Gasteiger partial charge in [0.2, 0.25) is 0 Å². The van der Waals surface area contributed by atoms with Crippen molar-refractivity contribution >= 4 is 11.4 Å². The third-order valence-electron chi connectivity index (χ3n) is 0.811. The number of nitrogens with zero attached hydrogens (tertiary/aromatic N) is 2. The van der Waals surface area contributed by atoms with Crippen molar-refractivity contribution in [1.29, 1.82) is 0 Å². The summed E-state index contributed by atoms with van der Waals surface area (Å²) in [5.74, 6) is 0. The van der Waals surface area contributed by atoms with Gasteiger partial charge < -0.3 is 15.6 Å². The molecule has 0 heterocycles. The Balaban J connectivity index is 4.04. The first kappa shape index (κ1) is 6.94. The Hall–Kier alpha value is -1.06. The molecule has 46 valence electrons. The summed E-state index contributed by atoms with van der Waals surface area (Å²) in [4.78, 5) is 0. The van der Waals surface area contributed by atoms with Crippen LogP contribution in [0.3, 0.4) is 0 Å². The van der Waals surface area contributed by atoms with Crippen LogP contribution >= 0.6 is 0 Å². The molecule has 0 aliphatic rings. The van der Waals surface area contributed by atoms with Crippen LogP contribution in [-0.4, -0.2) is 16.6 Å². The van der Waals surface area contributed by atoms with E-state index in [1.807, 2.05) is 0 Å². The largest absolute Gasteiger partial charge is 0.792 e. The van der Waals surface area contributed by atoms with Crippen LogP contribution in [0.15, 0.2) is 10.3 Å². The molecule has 0 radical (unpaired) electrons. The van der Waals surface area contributed by atoms with Gasteiger partial charge in [0.05, 0.1) is 11.4 Å². The Morgan fingerprint density at radius 2 is 1.88 bits per heavy atom. The molecule has 0 aromatic heterocycles. The zero-order valence-electron chi connectivity index (χ0n) is 4.75. The van der Waals surface area contributed by atoms with Crippen LogP contribution in [0.1, 0.15) is 13.8 Å². The highest BCUT2D eigenvalue weighted by Crippen LogP contribution is 1.80. The van der Waals surface area contributed by atoms with Gasteiger partial charge in [-0.25, -0.2) is 0 Å². The zero-order chi connectivity index (χ0) is 6.57. The first-order valence-electron chi connectivity index (χ1n) is 2.08. The van der Waals surface area contributed by atoms with Crippen LogP contribution in [0, 0.1) is 5.21 Å². The standard InChI is InChI=1S/C4H8N2O2/c1-3(5-7)4(2)6-8/h7-8H,1-2H3/p-1/b5-3-,6-4+. The van der Waals surface area contributed by atoms with Crippen LogP contribution in [-0.2, 0) is 0 Å². The zero-order valence-corrected chi connectivity index (χ0v) is 4.75. The van der Waals surface area contributed by atoms with Gasteiger partial charge in [-0.05, 0) is 13.8 Å². The molecule has 0 rings (SSSR count). The molecule has 0 aromatic rings. The minimum Gasteiger partial charge on any atom is -0.792 e. The van der Waals surface area contributed by atoms with Crippen molar-refractivity contribution in [2.24, 2.45) is 10.3 Å². The maximum atomic E-state index is 9.63. The molecular formula is C4H7N2O2-. The van der Waals surface area contributed by atoms with E-state index in [9.17, 15) is 5.21 Å². The second-order valence-electron chi connectivity index (χ2n) is 1.36. The molecule has 4 heteroatoms. The molecule has 0 saturated carbocycles. The second kappa shape index (κ2) is 3.01. The van der Waals surface area contributed by atoms with E-state index in [0.29, 0.717) is 0 Å². The smallest absolute Gasteiger partial charge is 0.0967 e. The predicted molar refractivity (Wildman–Crippen MR) is 31.4 cm³/mol. The van der Waals surface area contributed by atoms with Gasteiger partial charge >= 0.3 is 0 Å². The van der Waals surface area contributed by atoms with Crippen LogP contribution in [0.5, 0.6) is 0 Å². The fourth-order valence-electron chi connectivity index (χ4n) is 0.138. The average Bonchev–Trinajstić information content (AvgIpc) is 1.84. The highest BCUT2D eigenvalue weighted by molar-refractivity contribution is 6.40. The van der Waals surface area contributed by atoms with Gasteiger partial charge in [0, 0.05) is 0 Å². The lowest BCUT2D eigenvalue weighted by molar-refractivity contribution is 0.320. The Morgan fingerprint density at radius 3 is 2.00 bits per heavy atom. The Morgan fingerprint density at radius 1 is 1.38 bits per heavy atom. The van der Waals surface area contributed by atoms with E-state index in [1.54, 1.807) is 0 Å². The van der Waals surface area contributed by atoms with E-state index < -0.39 is 0 Å². The van der Waals surface area contributed by atoms with E-state index in [4.69, 9.17) is 5.21 Å². The summed E-state index contributed by atoms with van der Waals surface area (Å²) in [5.41, 5.74) is 0.451. The van der Waals surface area contributed by atoms with Gasteiger partial charge in [-0.2, -0.15) is 0 Å². The molecule has 0 bridgehead atoms. The van der Waals surface area contributed by atoms with E-state index in [-0.39, 0.29) is 11.4 Å². The summed E-state index contributed by atoms with van der Waals surface area (Å²) in [7, 11) is 0. The van der Waals surface area contributed by atoms with Gasteiger partial charge in [0.1, 0.15) is 0 Å².